The van der Waals surface area contributed by atoms with Crippen LogP contribution in [-0.2, 0) is 0 Å². The van der Waals surface area contributed by atoms with Crippen molar-refractivity contribution < 1.29 is 13.7 Å². The molecule has 1 aromatic carbocycles. The monoisotopic (exact) mass is 343 g/mol. The summed E-state index contributed by atoms with van der Waals surface area (Å²) in [5.74, 6) is 0.193. The van der Waals surface area contributed by atoms with Gasteiger partial charge in [0.1, 0.15) is 11.6 Å². The highest BCUT2D eigenvalue weighted by Gasteiger charge is 2.19. The molecular formula is C17H18FN5O2. The highest BCUT2D eigenvalue weighted by Crippen LogP contribution is 2.23. The molecule has 0 unspecified atom stereocenters. The van der Waals surface area contributed by atoms with Gasteiger partial charge in [-0.15, -0.1) is 0 Å². The minimum absolute atomic E-state index is 0.312. The summed E-state index contributed by atoms with van der Waals surface area (Å²) in [6, 6.07) is 5.08. The number of aryl methyl sites for hydroxylation is 2. The third kappa shape index (κ3) is 3.52. The predicted octanol–water partition coefficient (Wildman–Crippen LogP) is 3.50. The van der Waals surface area contributed by atoms with Crippen molar-refractivity contribution in [3.63, 3.8) is 0 Å². The lowest BCUT2D eigenvalue weighted by Crippen LogP contribution is -2.32. The van der Waals surface area contributed by atoms with Crippen molar-refractivity contribution >= 4 is 11.7 Å². The van der Waals surface area contributed by atoms with E-state index < -0.39 is 11.8 Å². The number of hydrogen-bond donors (Lipinski definition) is 2. The van der Waals surface area contributed by atoms with Gasteiger partial charge in [-0.2, -0.15) is 5.10 Å². The number of aromatic nitrogens is 3. The highest BCUT2D eigenvalue weighted by molar-refractivity contribution is 5.91. The van der Waals surface area contributed by atoms with Crippen molar-refractivity contribution in [3.05, 3.63) is 59.5 Å². The molecule has 0 aliphatic rings. The maximum Gasteiger partial charge on any atom is 0.319 e. The number of anilines is 1. The number of nitrogens with one attached hydrogen (secondary N) is 2. The summed E-state index contributed by atoms with van der Waals surface area (Å²) in [7, 11) is 0. The van der Waals surface area contributed by atoms with Crippen molar-refractivity contribution in [1.29, 1.82) is 0 Å². The number of carbonyl (C=O) groups excluding carboxylic acids is 1. The minimum Gasteiger partial charge on any atom is -0.361 e. The number of benzene rings is 1. The smallest absolute Gasteiger partial charge is 0.319 e. The molecule has 2 aromatic heterocycles. The molecule has 130 valence electrons. The molecule has 3 rings (SSSR count). The number of nitrogens with zero attached hydrogens (tertiary/aromatic N) is 3. The van der Waals surface area contributed by atoms with E-state index in [4.69, 9.17) is 4.52 Å². The Morgan fingerprint density at radius 2 is 2.16 bits per heavy atom. The Labute approximate surface area is 143 Å². The lowest BCUT2D eigenvalue weighted by Gasteiger charge is -2.16. The molecule has 0 aliphatic heterocycles. The molecule has 0 bridgehead atoms. The van der Waals surface area contributed by atoms with Crippen LogP contribution in [-0.4, -0.2) is 21.0 Å². The molecule has 8 heteroatoms. The van der Waals surface area contributed by atoms with Crippen LogP contribution in [0.4, 0.5) is 14.9 Å². The molecule has 0 radical (unpaired) electrons. The Morgan fingerprint density at radius 1 is 1.36 bits per heavy atom. The first kappa shape index (κ1) is 16.7. The lowest BCUT2D eigenvalue weighted by molar-refractivity contribution is 0.249. The van der Waals surface area contributed by atoms with E-state index in [0.29, 0.717) is 22.8 Å². The Bertz CT molecular complexity index is 869. The predicted molar refractivity (Wildman–Crippen MR) is 90.1 cm³/mol. The van der Waals surface area contributed by atoms with Crippen LogP contribution >= 0.6 is 0 Å². The lowest BCUT2D eigenvalue weighted by atomic mass is 10.1. The maximum atomic E-state index is 13.6. The molecule has 2 N–H and O–H groups in total. The van der Waals surface area contributed by atoms with Crippen molar-refractivity contribution in [1.82, 2.24) is 20.3 Å². The van der Waals surface area contributed by atoms with E-state index in [2.05, 4.69) is 20.9 Å². The first-order chi connectivity index (χ1) is 12.0. The Morgan fingerprint density at radius 3 is 2.80 bits per heavy atom. The molecule has 7 nitrogen and oxygen atoms in total. The fourth-order valence-corrected chi connectivity index (χ4v) is 2.75. The third-order valence-corrected chi connectivity index (χ3v) is 3.83. The Balaban J connectivity index is 1.78. The molecule has 3 aromatic rings. The van der Waals surface area contributed by atoms with Gasteiger partial charge in [-0.3, -0.25) is 0 Å². The molecule has 0 saturated heterocycles. The first-order valence-corrected chi connectivity index (χ1v) is 7.75. The van der Waals surface area contributed by atoms with Crippen LogP contribution in [0.5, 0.6) is 0 Å². The fraction of sp³-hybridized carbons (Fsp3) is 0.235. The zero-order chi connectivity index (χ0) is 18.0. The second kappa shape index (κ2) is 6.76. The third-order valence-electron chi connectivity index (χ3n) is 3.83. The largest absolute Gasteiger partial charge is 0.361 e. The average Bonchev–Trinajstić information content (AvgIpc) is 3.17. The van der Waals surface area contributed by atoms with E-state index >= 15 is 0 Å². The zero-order valence-corrected chi connectivity index (χ0v) is 14.1. The quantitative estimate of drug-likeness (QED) is 0.759. The number of halogens is 1. The first-order valence-electron chi connectivity index (χ1n) is 7.75. The summed E-state index contributed by atoms with van der Waals surface area (Å²) in [4.78, 5) is 12.3. The van der Waals surface area contributed by atoms with Crippen molar-refractivity contribution in [3.8, 4) is 5.69 Å². The normalized spacial score (nSPS) is 12.0. The summed E-state index contributed by atoms with van der Waals surface area (Å²) in [6.07, 6.45) is 3.32. The van der Waals surface area contributed by atoms with Crippen molar-refractivity contribution in [2.45, 2.75) is 26.8 Å². The SMILES string of the molecule is Cc1noc(C)c1[C@@H](C)NC(=O)Nc1cc(F)ccc1-n1cccn1. The summed E-state index contributed by atoms with van der Waals surface area (Å²) in [6.45, 7) is 5.42. The van der Waals surface area contributed by atoms with Crippen LogP contribution in [0.2, 0.25) is 0 Å². The number of rotatable bonds is 4. The van der Waals surface area contributed by atoms with Gasteiger partial charge < -0.3 is 15.2 Å². The second-order valence-corrected chi connectivity index (χ2v) is 5.67. The molecule has 2 amide bonds. The highest BCUT2D eigenvalue weighted by atomic mass is 19.1. The number of amides is 2. The minimum atomic E-state index is -0.466. The summed E-state index contributed by atoms with van der Waals surface area (Å²) >= 11 is 0. The molecule has 0 spiro atoms. The van der Waals surface area contributed by atoms with Gasteiger partial charge in [0.2, 0.25) is 0 Å². The van der Waals surface area contributed by atoms with Crippen LogP contribution < -0.4 is 10.6 Å². The van der Waals surface area contributed by atoms with Crippen molar-refractivity contribution in [2.75, 3.05) is 5.32 Å². The van der Waals surface area contributed by atoms with Gasteiger partial charge in [-0.1, -0.05) is 5.16 Å². The molecule has 0 fully saturated rings. The number of carbonyl (C=O) groups is 1. The van der Waals surface area contributed by atoms with Crippen LogP contribution in [0.25, 0.3) is 5.69 Å². The topological polar surface area (TPSA) is 85.0 Å². The van der Waals surface area contributed by atoms with Gasteiger partial charge in [0, 0.05) is 18.0 Å². The standard InChI is InChI=1S/C17H18FN5O2/c1-10(16-11(2)22-25-12(16)3)20-17(24)21-14-9-13(18)5-6-15(14)23-8-4-7-19-23/h4-10H,1-3H3,(H2,20,21,24)/t10-/m1/s1. The zero-order valence-electron chi connectivity index (χ0n) is 14.1. The van der Waals surface area contributed by atoms with E-state index in [9.17, 15) is 9.18 Å². The van der Waals surface area contributed by atoms with Gasteiger partial charge in [-0.25, -0.2) is 13.9 Å². The molecule has 25 heavy (non-hydrogen) atoms. The summed E-state index contributed by atoms with van der Waals surface area (Å²) in [5.41, 5.74) is 2.41. The molecule has 0 saturated carbocycles. The van der Waals surface area contributed by atoms with Crippen LogP contribution in [0.1, 0.15) is 30.0 Å². The van der Waals surface area contributed by atoms with E-state index in [1.165, 1.54) is 12.1 Å². The number of hydrogen-bond acceptors (Lipinski definition) is 4. The van der Waals surface area contributed by atoms with Gasteiger partial charge >= 0.3 is 6.03 Å². The number of urea groups is 1. The van der Waals surface area contributed by atoms with E-state index in [1.807, 2.05) is 13.8 Å². The Hall–Kier alpha value is -3.16. The van der Waals surface area contributed by atoms with E-state index in [0.717, 1.165) is 5.56 Å². The van der Waals surface area contributed by atoms with Crippen LogP contribution in [0, 0.1) is 19.7 Å². The van der Waals surface area contributed by atoms with Gasteiger partial charge in [0.25, 0.3) is 0 Å². The van der Waals surface area contributed by atoms with Gasteiger partial charge in [-0.05, 0) is 45.0 Å². The average molecular weight is 343 g/mol. The van der Waals surface area contributed by atoms with Gasteiger partial charge in [0.05, 0.1) is 23.1 Å². The molecule has 0 aliphatic carbocycles. The summed E-state index contributed by atoms with van der Waals surface area (Å²) in [5, 5.41) is 13.5. The van der Waals surface area contributed by atoms with Gasteiger partial charge in [0.15, 0.2) is 0 Å². The second-order valence-electron chi connectivity index (χ2n) is 5.67. The van der Waals surface area contributed by atoms with Crippen LogP contribution in [0.3, 0.4) is 0 Å². The van der Waals surface area contributed by atoms with E-state index in [1.54, 1.807) is 36.1 Å². The molecule has 1 atom stereocenters. The molecular weight excluding hydrogens is 325 g/mol. The van der Waals surface area contributed by atoms with Crippen LogP contribution in [0.15, 0.2) is 41.2 Å². The Kier molecular flexibility index (Phi) is 4.51. The van der Waals surface area contributed by atoms with E-state index in [-0.39, 0.29) is 6.04 Å². The molecule has 2 heterocycles. The maximum absolute atomic E-state index is 13.6. The van der Waals surface area contributed by atoms with Crippen molar-refractivity contribution in [2.24, 2.45) is 0 Å². The fourth-order valence-electron chi connectivity index (χ4n) is 2.75. The summed E-state index contributed by atoms with van der Waals surface area (Å²) < 4.78 is 20.3.